The Hall–Kier alpha value is -1.96. The standard InChI is InChI=1S/C11H17N5O3/c1-8-13-10(16(18)19)6-15(8)7-11(17)14-9-3-2-4-12-5-9/h6,9,12H,2-5,7H2,1H3,(H,14,17). The molecule has 0 aliphatic carbocycles. The Morgan fingerprint density at radius 3 is 3.11 bits per heavy atom. The van der Waals surface area contributed by atoms with Gasteiger partial charge in [-0.3, -0.25) is 9.36 Å². The molecule has 1 atom stereocenters. The number of rotatable bonds is 4. The Labute approximate surface area is 110 Å². The first-order chi connectivity index (χ1) is 9.06. The van der Waals surface area contributed by atoms with Crippen LogP contribution in [0.25, 0.3) is 0 Å². The fraction of sp³-hybridized carbons (Fsp3) is 0.636. The summed E-state index contributed by atoms with van der Waals surface area (Å²) in [7, 11) is 0. The molecule has 104 valence electrons. The topological polar surface area (TPSA) is 102 Å². The molecule has 19 heavy (non-hydrogen) atoms. The van der Waals surface area contributed by atoms with Crippen molar-refractivity contribution < 1.29 is 9.72 Å². The van der Waals surface area contributed by atoms with Gasteiger partial charge in [-0.15, -0.1) is 0 Å². The average Bonchev–Trinajstić information content (AvgIpc) is 2.72. The largest absolute Gasteiger partial charge is 0.381 e. The zero-order chi connectivity index (χ0) is 13.8. The quantitative estimate of drug-likeness (QED) is 0.589. The zero-order valence-electron chi connectivity index (χ0n) is 10.8. The van der Waals surface area contributed by atoms with Crippen LogP contribution in [0.2, 0.25) is 0 Å². The zero-order valence-corrected chi connectivity index (χ0v) is 10.8. The van der Waals surface area contributed by atoms with Gasteiger partial charge in [0.05, 0.1) is 0 Å². The summed E-state index contributed by atoms with van der Waals surface area (Å²) in [6.07, 6.45) is 3.29. The molecule has 0 radical (unpaired) electrons. The Bertz CT molecular complexity index is 479. The molecule has 2 N–H and O–H groups in total. The number of amides is 1. The predicted octanol–water partition coefficient (Wildman–Crippen LogP) is -0.0321. The number of carbonyl (C=O) groups is 1. The molecule has 1 aromatic heterocycles. The molecule has 0 saturated carbocycles. The van der Waals surface area contributed by atoms with E-state index >= 15 is 0 Å². The second-order valence-corrected chi connectivity index (χ2v) is 4.64. The summed E-state index contributed by atoms with van der Waals surface area (Å²) in [5.74, 6) is 0.0809. The maximum Gasteiger partial charge on any atom is 0.381 e. The summed E-state index contributed by atoms with van der Waals surface area (Å²) in [5, 5.41) is 16.7. The van der Waals surface area contributed by atoms with Crippen molar-refractivity contribution in [1.82, 2.24) is 20.2 Å². The van der Waals surface area contributed by atoms with E-state index in [2.05, 4.69) is 15.6 Å². The number of carbonyl (C=O) groups excluding carboxylic acids is 1. The third kappa shape index (κ3) is 3.50. The van der Waals surface area contributed by atoms with Crippen LogP contribution in [0.15, 0.2) is 6.20 Å². The molecule has 0 bridgehead atoms. The number of hydrogen-bond donors (Lipinski definition) is 2. The van der Waals surface area contributed by atoms with E-state index < -0.39 is 4.92 Å². The molecular weight excluding hydrogens is 250 g/mol. The Kier molecular flexibility index (Phi) is 4.10. The summed E-state index contributed by atoms with van der Waals surface area (Å²) in [6, 6.07) is 0.139. The normalized spacial score (nSPS) is 19.1. The number of nitrogens with zero attached hydrogens (tertiary/aromatic N) is 3. The number of nitrogens with one attached hydrogen (secondary N) is 2. The van der Waals surface area contributed by atoms with Crippen molar-refractivity contribution in [3.63, 3.8) is 0 Å². The Morgan fingerprint density at radius 1 is 1.74 bits per heavy atom. The highest BCUT2D eigenvalue weighted by molar-refractivity contribution is 5.76. The lowest BCUT2D eigenvalue weighted by molar-refractivity contribution is -0.389. The maximum absolute atomic E-state index is 11.9. The van der Waals surface area contributed by atoms with Gasteiger partial charge in [-0.05, 0) is 29.3 Å². The van der Waals surface area contributed by atoms with Gasteiger partial charge in [-0.25, -0.2) is 0 Å². The van der Waals surface area contributed by atoms with Crippen LogP contribution in [0.4, 0.5) is 5.82 Å². The van der Waals surface area contributed by atoms with Crippen molar-refractivity contribution in [2.45, 2.75) is 32.4 Å². The lowest BCUT2D eigenvalue weighted by Crippen LogP contribution is -2.46. The molecule has 8 nitrogen and oxygen atoms in total. The first-order valence-electron chi connectivity index (χ1n) is 6.24. The molecule has 1 unspecified atom stereocenters. The first-order valence-corrected chi connectivity index (χ1v) is 6.24. The van der Waals surface area contributed by atoms with E-state index in [-0.39, 0.29) is 24.3 Å². The van der Waals surface area contributed by atoms with E-state index in [9.17, 15) is 14.9 Å². The lowest BCUT2D eigenvalue weighted by Gasteiger charge is -2.23. The van der Waals surface area contributed by atoms with Gasteiger partial charge in [0.2, 0.25) is 11.7 Å². The molecule has 1 aliphatic heterocycles. The molecule has 0 spiro atoms. The second kappa shape index (κ2) is 5.79. The molecule has 1 aromatic rings. The van der Waals surface area contributed by atoms with Crippen molar-refractivity contribution >= 4 is 11.7 Å². The number of imidazole rings is 1. The van der Waals surface area contributed by atoms with Crippen molar-refractivity contribution in [3.05, 3.63) is 22.1 Å². The van der Waals surface area contributed by atoms with Crippen LogP contribution < -0.4 is 10.6 Å². The van der Waals surface area contributed by atoms with Crippen molar-refractivity contribution in [2.75, 3.05) is 13.1 Å². The minimum Gasteiger partial charge on any atom is -0.358 e. The summed E-state index contributed by atoms with van der Waals surface area (Å²) < 4.78 is 1.49. The molecule has 2 heterocycles. The van der Waals surface area contributed by atoms with Crippen LogP contribution in [0.5, 0.6) is 0 Å². The number of nitro groups is 1. The van der Waals surface area contributed by atoms with Gasteiger partial charge in [0.1, 0.15) is 12.7 Å². The predicted molar refractivity (Wildman–Crippen MR) is 67.7 cm³/mol. The molecule has 1 saturated heterocycles. The molecule has 1 aliphatic rings. The average molecular weight is 267 g/mol. The fourth-order valence-electron chi connectivity index (χ4n) is 2.14. The van der Waals surface area contributed by atoms with Crippen LogP contribution in [0.3, 0.4) is 0 Å². The van der Waals surface area contributed by atoms with Crippen molar-refractivity contribution in [2.24, 2.45) is 0 Å². The van der Waals surface area contributed by atoms with Gasteiger partial charge in [0.25, 0.3) is 0 Å². The summed E-state index contributed by atoms with van der Waals surface area (Å²) in [6.45, 7) is 3.46. The SMILES string of the molecule is Cc1nc([N+](=O)[O-])cn1CC(=O)NC1CCCNC1. The van der Waals surface area contributed by atoms with E-state index in [4.69, 9.17) is 0 Å². The summed E-state index contributed by atoms with van der Waals surface area (Å²) >= 11 is 0. The van der Waals surface area contributed by atoms with E-state index in [1.807, 2.05) is 0 Å². The van der Waals surface area contributed by atoms with Gasteiger partial charge in [0.15, 0.2) is 0 Å². The highest BCUT2D eigenvalue weighted by Gasteiger charge is 2.19. The van der Waals surface area contributed by atoms with Crippen LogP contribution in [-0.2, 0) is 11.3 Å². The number of hydrogen-bond acceptors (Lipinski definition) is 5. The van der Waals surface area contributed by atoms with Crippen LogP contribution in [0.1, 0.15) is 18.7 Å². The molecule has 8 heteroatoms. The number of aromatic nitrogens is 2. The highest BCUT2D eigenvalue weighted by atomic mass is 16.6. The highest BCUT2D eigenvalue weighted by Crippen LogP contribution is 2.10. The van der Waals surface area contributed by atoms with Crippen molar-refractivity contribution in [3.8, 4) is 0 Å². The van der Waals surface area contributed by atoms with E-state index in [0.29, 0.717) is 5.82 Å². The Balaban J connectivity index is 1.92. The van der Waals surface area contributed by atoms with E-state index in [1.54, 1.807) is 6.92 Å². The fourth-order valence-corrected chi connectivity index (χ4v) is 2.14. The molecular formula is C11H17N5O3. The molecule has 1 amide bonds. The van der Waals surface area contributed by atoms with Crippen LogP contribution >= 0.6 is 0 Å². The van der Waals surface area contributed by atoms with Crippen molar-refractivity contribution in [1.29, 1.82) is 0 Å². The van der Waals surface area contributed by atoms with E-state index in [1.165, 1.54) is 10.8 Å². The van der Waals surface area contributed by atoms with Crippen LogP contribution in [-0.4, -0.2) is 39.5 Å². The minimum absolute atomic E-state index is 0.0587. The smallest absolute Gasteiger partial charge is 0.358 e. The summed E-state index contributed by atoms with van der Waals surface area (Å²) in [5.41, 5.74) is 0. The van der Waals surface area contributed by atoms with Crippen LogP contribution in [0, 0.1) is 17.0 Å². The maximum atomic E-state index is 11.9. The van der Waals surface area contributed by atoms with Gasteiger partial charge in [0, 0.05) is 19.5 Å². The van der Waals surface area contributed by atoms with Gasteiger partial charge < -0.3 is 20.7 Å². The molecule has 0 aromatic carbocycles. The molecule has 1 fully saturated rings. The number of aryl methyl sites for hydroxylation is 1. The van der Waals surface area contributed by atoms with E-state index in [0.717, 1.165) is 25.9 Å². The molecule has 2 rings (SSSR count). The third-order valence-electron chi connectivity index (χ3n) is 3.13. The lowest BCUT2D eigenvalue weighted by atomic mass is 10.1. The third-order valence-corrected chi connectivity index (χ3v) is 3.13. The first kappa shape index (κ1) is 13.5. The summed E-state index contributed by atoms with van der Waals surface area (Å²) in [4.78, 5) is 25.7. The Morgan fingerprint density at radius 2 is 2.53 bits per heavy atom. The number of piperidine rings is 1. The van der Waals surface area contributed by atoms with Gasteiger partial charge in [-0.2, -0.15) is 0 Å². The second-order valence-electron chi connectivity index (χ2n) is 4.64. The minimum atomic E-state index is -0.563. The van der Waals surface area contributed by atoms with Gasteiger partial charge >= 0.3 is 5.82 Å². The monoisotopic (exact) mass is 267 g/mol. The van der Waals surface area contributed by atoms with Gasteiger partial charge in [-0.1, -0.05) is 0 Å².